The number of allylic oxidation sites excluding steroid dienone is 2. The molecule has 5 nitrogen and oxygen atoms in total. The van der Waals surface area contributed by atoms with Gasteiger partial charge in [-0.05, 0) is 74.1 Å². The highest BCUT2D eigenvalue weighted by atomic mass is 79.9. The second kappa shape index (κ2) is 8.88. The lowest BCUT2D eigenvalue weighted by atomic mass is 9.85. The zero-order chi connectivity index (χ0) is 19.4. The Morgan fingerprint density at radius 1 is 1.26 bits per heavy atom. The molecule has 0 aromatic heterocycles. The van der Waals surface area contributed by atoms with Crippen LogP contribution >= 0.6 is 15.9 Å². The van der Waals surface area contributed by atoms with E-state index >= 15 is 0 Å². The number of carbonyl (C=O) groups is 1. The summed E-state index contributed by atoms with van der Waals surface area (Å²) in [6.07, 6.45) is 9.57. The molecule has 4 unspecified atom stereocenters. The molecule has 2 bridgehead atoms. The van der Waals surface area contributed by atoms with Gasteiger partial charge in [0.1, 0.15) is 0 Å². The minimum absolute atomic E-state index is 0.00196. The maximum absolute atomic E-state index is 12.7. The molecule has 1 N–H and O–H groups in total. The quantitative estimate of drug-likeness (QED) is 0.364. The van der Waals surface area contributed by atoms with Gasteiger partial charge in [0, 0.05) is 16.9 Å². The van der Waals surface area contributed by atoms with Gasteiger partial charge < -0.3 is 4.74 Å². The van der Waals surface area contributed by atoms with Crippen molar-refractivity contribution in [3.05, 3.63) is 40.9 Å². The number of halogens is 1. The van der Waals surface area contributed by atoms with E-state index in [1.807, 2.05) is 0 Å². The summed E-state index contributed by atoms with van der Waals surface area (Å²) in [5, 5.41) is 0. The summed E-state index contributed by atoms with van der Waals surface area (Å²) < 4.78 is 33.8. The highest BCUT2D eigenvalue weighted by molar-refractivity contribution is 9.10. The lowest BCUT2D eigenvalue weighted by Gasteiger charge is -2.28. The molecule has 2 aliphatic carbocycles. The Morgan fingerprint density at radius 2 is 2.00 bits per heavy atom. The van der Waals surface area contributed by atoms with Crippen LogP contribution in [0.1, 0.15) is 38.5 Å². The van der Waals surface area contributed by atoms with Gasteiger partial charge in [0.2, 0.25) is 10.0 Å². The average molecular weight is 456 g/mol. The van der Waals surface area contributed by atoms with Crippen molar-refractivity contribution in [3.8, 4) is 0 Å². The van der Waals surface area contributed by atoms with Crippen molar-refractivity contribution in [2.45, 2.75) is 49.5 Å². The molecule has 0 spiro atoms. The fourth-order valence-corrected chi connectivity index (χ4v) is 5.94. The molecular weight excluding hydrogens is 430 g/mol. The van der Waals surface area contributed by atoms with E-state index in [-0.39, 0.29) is 12.0 Å². The molecule has 4 atom stereocenters. The minimum Gasteiger partial charge on any atom is -0.469 e. The number of unbranched alkanes of at least 4 members (excludes halogenated alkanes) is 1. The van der Waals surface area contributed by atoms with Gasteiger partial charge in [0.05, 0.1) is 12.0 Å². The van der Waals surface area contributed by atoms with E-state index in [4.69, 9.17) is 0 Å². The number of carbonyl (C=O) groups excluding carboxylic acids is 1. The van der Waals surface area contributed by atoms with E-state index in [9.17, 15) is 13.2 Å². The summed E-state index contributed by atoms with van der Waals surface area (Å²) in [5.41, 5.74) is 0. The van der Waals surface area contributed by atoms with Crippen LogP contribution in [-0.2, 0) is 19.6 Å². The lowest BCUT2D eigenvalue weighted by molar-refractivity contribution is -0.140. The Bertz CT molecular complexity index is 791. The Morgan fingerprint density at radius 3 is 2.67 bits per heavy atom. The van der Waals surface area contributed by atoms with Crippen LogP contribution in [0.3, 0.4) is 0 Å². The van der Waals surface area contributed by atoms with Crippen LogP contribution in [0, 0.1) is 17.8 Å². The summed E-state index contributed by atoms with van der Waals surface area (Å²) in [4.78, 5) is 11.4. The predicted octanol–water partition coefficient (Wildman–Crippen LogP) is 4.04. The number of hydrogen-bond donors (Lipinski definition) is 1. The fraction of sp³-hybridized carbons (Fsp3) is 0.550. The molecule has 148 valence electrons. The Kier molecular flexibility index (Phi) is 6.76. The molecule has 2 fully saturated rings. The number of rotatable bonds is 8. The van der Waals surface area contributed by atoms with Crippen molar-refractivity contribution < 1.29 is 17.9 Å². The summed E-state index contributed by atoms with van der Waals surface area (Å²) in [6.45, 7) is 0. The predicted molar refractivity (Wildman–Crippen MR) is 108 cm³/mol. The topological polar surface area (TPSA) is 72.5 Å². The second-order valence-corrected chi connectivity index (χ2v) is 10.1. The molecule has 27 heavy (non-hydrogen) atoms. The Labute approximate surface area is 169 Å². The van der Waals surface area contributed by atoms with Crippen LogP contribution < -0.4 is 4.72 Å². The molecule has 0 heterocycles. The Balaban J connectivity index is 1.56. The zero-order valence-electron chi connectivity index (χ0n) is 15.4. The largest absolute Gasteiger partial charge is 0.469 e. The van der Waals surface area contributed by atoms with E-state index in [0.29, 0.717) is 29.1 Å². The van der Waals surface area contributed by atoms with Crippen LogP contribution in [0.25, 0.3) is 0 Å². The molecule has 0 amide bonds. The van der Waals surface area contributed by atoms with Gasteiger partial charge in [0.25, 0.3) is 0 Å². The summed E-state index contributed by atoms with van der Waals surface area (Å²) >= 11 is 3.33. The molecule has 0 radical (unpaired) electrons. The smallest absolute Gasteiger partial charge is 0.305 e. The number of methoxy groups -OCH3 is 1. The first-order valence-electron chi connectivity index (χ1n) is 9.40. The number of benzene rings is 1. The van der Waals surface area contributed by atoms with E-state index in [2.05, 4.69) is 37.5 Å². The number of hydrogen-bond acceptors (Lipinski definition) is 4. The van der Waals surface area contributed by atoms with Crippen LogP contribution in [0.2, 0.25) is 0 Å². The molecule has 1 aromatic carbocycles. The van der Waals surface area contributed by atoms with Crippen molar-refractivity contribution in [2.24, 2.45) is 17.8 Å². The highest BCUT2D eigenvalue weighted by Gasteiger charge is 2.46. The standard InChI is InChI=1S/C20H26BrNO4S/c1-26-20(23)6-4-2-3-5-15-11-14-12-18(15)19(13-14)22-27(24,25)17-9-7-16(21)8-10-17/h3,5,7-10,14-15,18-19,22H,2,4,6,11-13H2,1H3. The van der Waals surface area contributed by atoms with E-state index in [0.717, 1.165) is 36.6 Å². The average Bonchev–Trinajstić information content (AvgIpc) is 3.21. The molecular formula is C20H26BrNO4S. The van der Waals surface area contributed by atoms with Crippen molar-refractivity contribution in [1.29, 1.82) is 0 Å². The fourth-order valence-electron chi connectivity index (χ4n) is 4.38. The second-order valence-electron chi connectivity index (χ2n) is 7.48. The maximum Gasteiger partial charge on any atom is 0.305 e. The van der Waals surface area contributed by atoms with E-state index < -0.39 is 10.0 Å². The molecule has 1 aromatic rings. The summed E-state index contributed by atoms with van der Waals surface area (Å²) in [7, 11) is -2.09. The third-order valence-corrected chi connectivity index (χ3v) is 7.69. The van der Waals surface area contributed by atoms with Crippen molar-refractivity contribution in [3.63, 3.8) is 0 Å². The van der Waals surface area contributed by atoms with Gasteiger partial charge in [-0.15, -0.1) is 0 Å². The monoisotopic (exact) mass is 455 g/mol. The van der Waals surface area contributed by atoms with Crippen LogP contribution in [0.15, 0.2) is 45.8 Å². The van der Waals surface area contributed by atoms with E-state index in [1.54, 1.807) is 24.3 Å². The van der Waals surface area contributed by atoms with Gasteiger partial charge in [-0.2, -0.15) is 0 Å². The minimum atomic E-state index is -3.49. The number of ether oxygens (including phenoxy) is 1. The molecule has 0 saturated heterocycles. The molecule has 7 heteroatoms. The van der Waals surface area contributed by atoms with E-state index in [1.165, 1.54) is 7.11 Å². The Hall–Kier alpha value is -1.18. The first-order chi connectivity index (χ1) is 12.9. The van der Waals surface area contributed by atoms with Crippen molar-refractivity contribution in [1.82, 2.24) is 4.72 Å². The molecule has 3 rings (SSSR count). The molecule has 2 aliphatic rings. The van der Waals surface area contributed by atoms with Crippen LogP contribution in [0.4, 0.5) is 0 Å². The normalized spacial score (nSPS) is 27.3. The SMILES string of the molecule is COC(=O)CCCC=CC1CC2CC(NS(=O)(=O)c3ccc(Br)cc3)C1C2. The van der Waals surface area contributed by atoms with Crippen LogP contribution in [0.5, 0.6) is 0 Å². The zero-order valence-corrected chi connectivity index (χ0v) is 17.8. The first kappa shape index (κ1) is 20.6. The molecule has 0 aliphatic heterocycles. The number of nitrogens with one attached hydrogen (secondary N) is 1. The first-order valence-corrected chi connectivity index (χ1v) is 11.7. The van der Waals surface area contributed by atoms with Gasteiger partial charge >= 0.3 is 5.97 Å². The summed E-state index contributed by atoms with van der Waals surface area (Å²) in [5.74, 6) is 1.19. The van der Waals surface area contributed by atoms with Crippen molar-refractivity contribution >= 4 is 31.9 Å². The third kappa shape index (κ3) is 5.21. The van der Waals surface area contributed by atoms with Gasteiger partial charge in [-0.3, -0.25) is 4.79 Å². The number of esters is 1. The number of fused-ring (bicyclic) bond motifs is 2. The van der Waals surface area contributed by atoms with Gasteiger partial charge in [0.15, 0.2) is 0 Å². The third-order valence-electron chi connectivity index (χ3n) is 5.66. The van der Waals surface area contributed by atoms with Crippen molar-refractivity contribution in [2.75, 3.05) is 7.11 Å². The van der Waals surface area contributed by atoms with Crippen LogP contribution in [-0.4, -0.2) is 27.5 Å². The van der Waals surface area contributed by atoms with Gasteiger partial charge in [-0.25, -0.2) is 13.1 Å². The summed E-state index contributed by atoms with van der Waals surface area (Å²) in [6, 6.07) is 6.74. The molecule has 2 saturated carbocycles. The number of sulfonamides is 1. The maximum atomic E-state index is 12.7. The highest BCUT2D eigenvalue weighted by Crippen LogP contribution is 2.49. The lowest BCUT2D eigenvalue weighted by Crippen LogP contribution is -2.40. The van der Waals surface area contributed by atoms with Gasteiger partial charge in [-0.1, -0.05) is 28.1 Å².